The maximum Gasteiger partial charge on any atom is 1.00 e. The van der Waals surface area contributed by atoms with Crippen LogP contribution in [0, 0.1) is 0 Å². The molecule has 148 valence electrons. The van der Waals surface area contributed by atoms with Crippen LogP contribution in [0.4, 0.5) is 0 Å². The number of unbranched alkanes of at least 4 members (excludes halogenated alkanes) is 10. The van der Waals surface area contributed by atoms with Gasteiger partial charge in [-0.3, -0.25) is 4.18 Å². The van der Waals surface area contributed by atoms with E-state index >= 15 is 0 Å². The number of aliphatic carboxylic acids is 2. The summed E-state index contributed by atoms with van der Waals surface area (Å²) in [5, 5.41) is 18.9. The average molecular weight is 424 g/mol. The summed E-state index contributed by atoms with van der Waals surface area (Å²) >= 11 is 0. The van der Waals surface area contributed by atoms with Crippen LogP contribution in [-0.4, -0.2) is 32.2 Å². The Kier molecular flexibility index (Phi) is 24.2. The molecule has 0 N–H and O–H groups in total. The zero-order valence-corrected chi connectivity index (χ0v) is 21.9. The molecule has 0 heterocycles. The Morgan fingerprint density at radius 3 is 1.59 bits per heavy atom. The number of carboxylic acids is 2. The third kappa shape index (κ3) is 18.6. The first kappa shape index (κ1) is 32.5. The number of rotatable bonds is 17. The summed E-state index contributed by atoms with van der Waals surface area (Å²) in [7, 11) is -4.51. The van der Waals surface area contributed by atoms with Gasteiger partial charge in [0.15, 0.2) is 0 Å². The van der Waals surface area contributed by atoms with Gasteiger partial charge in [-0.25, -0.2) is 0 Å². The summed E-state index contributed by atoms with van der Waals surface area (Å²) in [4.78, 5) is 21.2. The van der Waals surface area contributed by atoms with Gasteiger partial charge in [0, 0.05) is 12.4 Å². The standard InChI is InChI=1S/C17H32O7S.2Na/c1-2-3-4-5-6-7-8-9-10-11-12-13-24-25(22,23)15(17(20)21)14-16(18)19;;/h15H,2-14H2,1H3,(H,18,19)(H,20,21);;/q;2*+1/p-2. The summed E-state index contributed by atoms with van der Waals surface area (Å²) in [6, 6.07) is 0. The van der Waals surface area contributed by atoms with E-state index in [1.807, 2.05) is 0 Å². The average Bonchev–Trinajstić information content (AvgIpc) is 2.53. The van der Waals surface area contributed by atoms with Crippen molar-refractivity contribution in [3.63, 3.8) is 0 Å². The Hall–Kier alpha value is 0.850. The molecule has 0 spiro atoms. The number of carbonyl (C=O) groups excluding carboxylic acids is 2. The van der Waals surface area contributed by atoms with Gasteiger partial charge in [-0.05, 0) is 6.42 Å². The molecule has 7 nitrogen and oxygen atoms in total. The minimum atomic E-state index is -4.51. The van der Waals surface area contributed by atoms with Crippen molar-refractivity contribution in [1.82, 2.24) is 0 Å². The van der Waals surface area contributed by atoms with Crippen LogP contribution in [0.25, 0.3) is 0 Å². The van der Waals surface area contributed by atoms with Crippen LogP contribution >= 0.6 is 0 Å². The van der Waals surface area contributed by atoms with Crippen molar-refractivity contribution in [3.05, 3.63) is 0 Å². The maximum absolute atomic E-state index is 11.7. The van der Waals surface area contributed by atoms with E-state index in [4.69, 9.17) is 0 Å². The third-order valence-electron chi connectivity index (χ3n) is 3.96. The van der Waals surface area contributed by atoms with Gasteiger partial charge in [0.2, 0.25) is 0 Å². The molecule has 0 aromatic rings. The first-order valence-electron chi connectivity index (χ1n) is 9.10. The van der Waals surface area contributed by atoms with E-state index in [-0.39, 0.29) is 65.7 Å². The zero-order chi connectivity index (χ0) is 19.1. The SMILES string of the molecule is CCCCCCCCCCCCCOS(=O)(=O)C(CC(=O)[O-])C(=O)[O-].[Na+].[Na+]. The second kappa shape index (κ2) is 20.1. The van der Waals surface area contributed by atoms with Crippen molar-refractivity contribution in [2.24, 2.45) is 0 Å². The summed E-state index contributed by atoms with van der Waals surface area (Å²) in [6.45, 7) is 2.03. The van der Waals surface area contributed by atoms with E-state index < -0.39 is 33.7 Å². The molecule has 0 saturated heterocycles. The smallest absolute Gasteiger partial charge is 0.550 e. The second-order valence-corrected chi connectivity index (χ2v) is 8.02. The molecule has 0 aliphatic carbocycles. The van der Waals surface area contributed by atoms with Gasteiger partial charge in [-0.15, -0.1) is 0 Å². The molecule has 0 amide bonds. The molecule has 0 aliphatic rings. The van der Waals surface area contributed by atoms with Crippen LogP contribution in [0.2, 0.25) is 0 Å². The summed E-state index contributed by atoms with van der Waals surface area (Å²) in [5.74, 6) is -3.78. The number of carbonyl (C=O) groups is 2. The fourth-order valence-corrected chi connectivity index (χ4v) is 3.57. The third-order valence-corrected chi connectivity index (χ3v) is 5.51. The summed E-state index contributed by atoms with van der Waals surface area (Å²) in [6.07, 6.45) is 10.9. The van der Waals surface area contributed by atoms with Crippen molar-refractivity contribution < 1.29 is 91.5 Å². The Bertz CT molecular complexity index is 484. The van der Waals surface area contributed by atoms with Gasteiger partial charge in [0.05, 0.1) is 12.6 Å². The second-order valence-electron chi connectivity index (χ2n) is 6.23. The first-order valence-corrected chi connectivity index (χ1v) is 10.6. The van der Waals surface area contributed by atoms with Crippen molar-refractivity contribution >= 4 is 22.1 Å². The van der Waals surface area contributed by atoms with Crippen molar-refractivity contribution in [3.8, 4) is 0 Å². The molecule has 0 saturated carbocycles. The predicted molar refractivity (Wildman–Crippen MR) is 89.8 cm³/mol. The van der Waals surface area contributed by atoms with Crippen LogP contribution in [-0.2, 0) is 23.9 Å². The van der Waals surface area contributed by atoms with Crippen LogP contribution < -0.4 is 69.3 Å². The molecular weight excluding hydrogens is 394 g/mol. The minimum Gasteiger partial charge on any atom is -0.550 e. The number of hydrogen-bond donors (Lipinski definition) is 0. The predicted octanol–water partition coefficient (Wildman–Crippen LogP) is -5.09. The monoisotopic (exact) mass is 424 g/mol. The normalized spacial score (nSPS) is 11.9. The van der Waals surface area contributed by atoms with Gasteiger partial charge in [0.25, 0.3) is 10.1 Å². The quantitative estimate of drug-likeness (QED) is 0.130. The van der Waals surface area contributed by atoms with Gasteiger partial charge in [-0.1, -0.05) is 71.1 Å². The molecular formula is C17H30Na2O7S. The molecule has 0 aromatic carbocycles. The van der Waals surface area contributed by atoms with Gasteiger partial charge in [-0.2, -0.15) is 8.42 Å². The van der Waals surface area contributed by atoms with E-state index in [0.717, 1.165) is 25.7 Å². The Morgan fingerprint density at radius 2 is 1.22 bits per heavy atom. The minimum absolute atomic E-state index is 0. The van der Waals surface area contributed by atoms with Crippen LogP contribution in [0.5, 0.6) is 0 Å². The van der Waals surface area contributed by atoms with Crippen molar-refractivity contribution in [1.29, 1.82) is 0 Å². The summed E-state index contributed by atoms with van der Waals surface area (Å²) in [5.41, 5.74) is 0. The van der Waals surface area contributed by atoms with E-state index in [0.29, 0.717) is 6.42 Å². The largest absolute Gasteiger partial charge is 1.00 e. The molecule has 0 rings (SSSR count). The van der Waals surface area contributed by atoms with Crippen LogP contribution in [0.1, 0.15) is 84.0 Å². The van der Waals surface area contributed by atoms with Gasteiger partial charge >= 0.3 is 59.1 Å². The van der Waals surface area contributed by atoms with E-state index in [2.05, 4.69) is 11.1 Å². The van der Waals surface area contributed by atoms with Crippen LogP contribution in [0.15, 0.2) is 0 Å². The molecule has 0 fully saturated rings. The molecule has 0 radical (unpaired) electrons. The molecule has 0 aliphatic heterocycles. The Balaban J connectivity index is -0.00000288. The van der Waals surface area contributed by atoms with Crippen molar-refractivity contribution in [2.45, 2.75) is 89.2 Å². The fraction of sp³-hybridized carbons (Fsp3) is 0.882. The number of carboxylic acid groups (broad SMARTS) is 2. The topological polar surface area (TPSA) is 124 Å². The molecule has 1 unspecified atom stereocenters. The Morgan fingerprint density at radius 1 is 0.815 bits per heavy atom. The number of hydrogen-bond acceptors (Lipinski definition) is 7. The van der Waals surface area contributed by atoms with E-state index in [1.165, 1.54) is 38.5 Å². The molecule has 27 heavy (non-hydrogen) atoms. The Labute approximate surface area is 207 Å². The van der Waals surface area contributed by atoms with Gasteiger partial charge in [0.1, 0.15) is 5.25 Å². The first-order chi connectivity index (χ1) is 11.8. The molecule has 1 atom stereocenters. The summed E-state index contributed by atoms with van der Waals surface area (Å²) < 4.78 is 27.9. The zero-order valence-electron chi connectivity index (χ0n) is 17.0. The van der Waals surface area contributed by atoms with E-state index in [9.17, 15) is 28.2 Å². The van der Waals surface area contributed by atoms with E-state index in [1.54, 1.807) is 0 Å². The fourth-order valence-electron chi connectivity index (χ4n) is 2.48. The maximum atomic E-state index is 11.7. The molecule has 0 bridgehead atoms. The molecule has 10 heteroatoms. The van der Waals surface area contributed by atoms with Crippen molar-refractivity contribution in [2.75, 3.05) is 6.61 Å². The van der Waals surface area contributed by atoms with Gasteiger partial charge < -0.3 is 19.8 Å². The van der Waals surface area contributed by atoms with Crippen LogP contribution in [0.3, 0.4) is 0 Å². The molecule has 0 aromatic heterocycles.